The van der Waals surface area contributed by atoms with Gasteiger partial charge in [0.2, 0.25) is 0 Å². The lowest BCUT2D eigenvalue weighted by Gasteiger charge is -2.38. The molecule has 124 valence electrons. The Balaban J connectivity index is 1.75. The van der Waals surface area contributed by atoms with Gasteiger partial charge >= 0.3 is 0 Å². The van der Waals surface area contributed by atoms with E-state index in [4.69, 9.17) is 0 Å². The molecule has 2 nitrogen and oxygen atoms in total. The Morgan fingerprint density at radius 2 is 1.19 bits per heavy atom. The second kappa shape index (κ2) is 10.6. The summed E-state index contributed by atoms with van der Waals surface area (Å²) in [5.74, 6) is 0.928. The smallest absolute Gasteiger partial charge is 0.00952 e. The third-order valence-corrected chi connectivity index (χ3v) is 5.73. The number of piperidine rings is 1. The number of likely N-dealkylation sites (tertiary alicyclic amines) is 1. The van der Waals surface area contributed by atoms with Crippen molar-refractivity contribution in [2.45, 2.75) is 89.5 Å². The van der Waals surface area contributed by atoms with Crippen LogP contribution in [0.3, 0.4) is 0 Å². The Kier molecular flexibility index (Phi) is 8.73. The van der Waals surface area contributed by atoms with Crippen LogP contribution >= 0.6 is 0 Å². The van der Waals surface area contributed by atoms with Crippen LogP contribution in [-0.4, -0.2) is 37.6 Å². The maximum Gasteiger partial charge on any atom is 0.00952 e. The first-order chi connectivity index (χ1) is 10.4. The minimum atomic E-state index is 0.903. The van der Waals surface area contributed by atoms with E-state index in [2.05, 4.69) is 17.3 Å². The van der Waals surface area contributed by atoms with Crippen molar-refractivity contribution in [3.8, 4) is 0 Å². The van der Waals surface area contributed by atoms with E-state index in [9.17, 15) is 0 Å². The second-order valence-electron chi connectivity index (χ2n) is 7.45. The largest absolute Gasteiger partial charge is 0.319 e. The van der Waals surface area contributed by atoms with E-state index in [1.54, 1.807) is 0 Å². The lowest BCUT2D eigenvalue weighted by atomic mass is 9.92. The van der Waals surface area contributed by atoms with E-state index in [0.29, 0.717) is 0 Å². The van der Waals surface area contributed by atoms with Crippen molar-refractivity contribution < 1.29 is 0 Å². The zero-order valence-electron chi connectivity index (χ0n) is 14.4. The Hall–Kier alpha value is -0.0800. The Morgan fingerprint density at radius 3 is 1.67 bits per heavy atom. The predicted octanol–water partition coefficient (Wildman–Crippen LogP) is 4.59. The summed E-state index contributed by atoms with van der Waals surface area (Å²) in [4.78, 5) is 2.85. The fourth-order valence-corrected chi connectivity index (χ4v) is 4.32. The van der Waals surface area contributed by atoms with Gasteiger partial charge in [-0.2, -0.15) is 0 Å². The summed E-state index contributed by atoms with van der Waals surface area (Å²) in [6.45, 7) is 3.94. The second-order valence-corrected chi connectivity index (χ2v) is 7.45. The van der Waals surface area contributed by atoms with Gasteiger partial charge in [0.1, 0.15) is 0 Å². The SMILES string of the molecule is CNCC1CCN(C2CCCCCCCCCCC2)CC1. The van der Waals surface area contributed by atoms with Crippen molar-refractivity contribution in [1.82, 2.24) is 10.2 Å². The maximum absolute atomic E-state index is 3.36. The van der Waals surface area contributed by atoms with E-state index >= 15 is 0 Å². The van der Waals surface area contributed by atoms with Gasteiger partial charge in [0.05, 0.1) is 0 Å². The Morgan fingerprint density at radius 1 is 0.714 bits per heavy atom. The molecule has 0 radical (unpaired) electrons. The molecule has 2 aliphatic rings. The molecule has 0 spiro atoms. The normalized spacial score (nSPS) is 26.1. The first kappa shape index (κ1) is 17.3. The molecule has 1 N–H and O–H groups in total. The van der Waals surface area contributed by atoms with Crippen molar-refractivity contribution in [1.29, 1.82) is 0 Å². The van der Waals surface area contributed by atoms with Gasteiger partial charge in [-0.3, -0.25) is 0 Å². The molecule has 1 aliphatic carbocycles. The third-order valence-electron chi connectivity index (χ3n) is 5.73. The first-order valence-electron chi connectivity index (χ1n) is 9.79. The molecule has 1 aliphatic heterocycles. The summed E-state index contributed by atoms with van der Waals surface area (Å²) in [6.07, 6.45) is 19.1. The van der Waals surface area contributed by atoms with Crippen LogP contribution in [0.2, 0.25) is 0 Å². The van der Waals surface area contributed by atoms with Gasteiger partial charge in [0.25, 0.3) is 0 Å². The lowest BCUT2D eigenvalue weighted by Crippen LogP contribution is -2.43. The van der Waals surface area contributed by atoms with Crippen LogP contribution in [0, 0.1) is 5.92 Å². The van der Waals surface area contributed by atoms with Crippen LogP contribution in [0.25, 0.3) is 0 Å². The first-order valence-corrected chi connectivity index (χ1v) is 9.79. The molecule has 0 unspecified atom stereocenters. The van der Waals surface area contributed by atoms with E-state index in [1.165, 1.54) is 103 Å². The molecular weight excluding hydrogens is 256 g/mol. The number of hydrogen-bond donors (Lipinski definition) is 1. The average molecular weight is 295 g/mol. The van der Waals surface area contributed by atoms with E-state index in [-0.39, 0.29) is 0 Å². The van der Waals surface area contributed by atoms with Crippen molar-refractivity contribution in [3.63, 3.8) is 0 Å². The highest BCUT2D eigenvalue weighted by atomic mass is 15.2. The molecule has 0 atom stereocenters. The fourth-order valence-electron chi connectivity index (χ4n) is 4.32. The molecule has 0 bridgehead atoms. The van der Waals surface area contributed by atoms with Gasteiger partial charge in [0.15, 0.2) is 0 Å². The van der Waals surface area contributed by atoms with Gasteiger partial charge in [-0.15, -0.1) is 0 Å². The molecule has 21 heavy (non-hydrogen) atoms. The molecule has 2 heteroatoms. The summed E-state index contributed by atoms with van der Waals surface area (Å²) in [5.41, 5.74) is 0. The van der Waals surface area contributed by atoms with Gasteiger partial charge < -0.3 is 10.2 Å². The Bertz CT molecular complexity index is 234. The number of rotatable bonds is 3. The zero-order chi connectivity index (χ0) is 14.8. The van der Waals surface area contributed by atoms with Crippen molar-refractivity contribution >= 4 is 0 Å². The summed E-state index contributed by atoms with van der Waals surface area (Å²) in [6, 6.07) is 0.903. The molecule has 1 heterocycles. The Labute approximate surface area is 133 Å². The maximum atomic E-state index is 3.36. The third kappa shape index (κ3) is 6.69. The van der Waals surface area contributed by atoms with Crippen LogP contribution in [-0.2, 0) is 0 Å². The molecule has 0 aromatic carbocycles. The molecule has 1 saturated carbocycles. The number of nitrogens with zero attached hydrogens (tertiary/aromatic N) is 1. The molecule has 2 fully saturated rings. The summed E-state index contributed by atoms with van der Waals surface area (Å²) in [5, 5.41) is 3.36. The van der Waals surface area contributed by atoms with Crippen LogP contribution < -0.4 is 5.32 Å². The number of hydrogen-bond acceptors (Lipinski definition) is 2. The van der Waals surface area contributed by atoms with Crippen LogP contribution in [0.4, 0.5) is 0 Å². The molecule has 0 aromatic rings. The van der Waals surface area contributed by atoms with Gasteiger partial charge in [-0.25, -0.2) is 0 Å². The quantitative estimate of drug-likeness (QED) is 0.819. The van der Waals surface area contributed by atoms with Gasteiger partial charge in [-0.1, -0.05) is 57.8 Å². The van der Waals surface area contributed by atoms with Crippen molar-refractivity contribution in [3.05, 3.63) is 0 Å². The molecule has 0 amide bonds. The summed E-state index contributed by atoms with van der Waals surface area (Å²) < 4.78 is 0. The highest BCUT2D eigenvalue weighted by Gasteiger charge is 2.24. The minimum absolute atomic E-state index is 0.903. The van der Waals surface area contributed by atoms with E-state index in [1.807, 2.05) is 0 Å². The lowest BCUT2D eigenvalue weighted by molar-refractivity contribution is 0.116. The van der Waals surface area contributed by atoms with Crippen molar-refractivity contribution in [2.24, 2.45) is 5.92 Å². The molecular formula is C19H38N2. The fraction of sp³-hybridized carbons (Fsp3) is 1.00. The summed E-state index contributed by atoms with van der Waals surface area (Å²) >= 11 is 0. The van der Waals surface area contributed by atoms with Gasteiger partial charge in [0, 0.05) is 6.04 Å². The predicted molar refractivity (Wildman–Crippen MR) is 92.8 cm³/mol. The molecule has 2 rings (SSSR count). The van der Waals surface area contributed by atoms with Crippen LogP contribution in [0.15, 0.2) is 0 Å². The van der Waals surface area contributed by atoms with Crippen LogP contribution in [0.1, 0.15) is 83.5 Å². The van der Waals surface area contributed by atoms with E-state index in [0.717, 1.165) is 12.0 Å². The zero-order valence-corrected chi connectivity index (χ0v) is 14.4. The monoisotopic (exact) mass is 294 g/mol. The van der Waals surface area contributed by atoms with Crippen LogP contribution in [0.5, 0.6) is 0 Å². The highest BCUT2D eigenvalue weighted by molar-refractivity contribution is 4.79. The summed E-state index contributed by atoms with van der Waals surface area (Å²) in [7, 11) is 2.10. The minimum Gasteiger partial charge on any atom is -0.319 e. The highest BCUT2D eigenvalue weighted by Crippen LogP contribution is 2.25. The average Bonchev–Trinajstić information content (AvgIpc) is 2.49. The topological polar surface area (TPSA) is 15.3 Å². The van der Waals surface area contributed by atoms with Crippen molar-refractivity contribution in [2.75, 3.05) is 26.7 Å². The van der Waals surface area contributed by atoms with E-state index < -0.39 is 0 Å². The molecule has 0 aromatic heterocycles. The standard InChI is InChI=1S/C19H38N2/c1-20-17-18-13-15-21(16-14-18)19-11-9-7-5-3-2-4-6-8-10-12-19/h18-20H,2-17H2,1H3. The molecule has 1 saturated heterocycles. The van der Waals surface area contributed by atoms with Gasteiger partial charge in [-0.05, 0) is 58.3 Å². The number of nitrogens with one attached hydrogen (secondary N) is 1.